The molecular weight excluding hydrogens is 242 g/mol. The van der Waals surface area contributed by atoms with Crippen LogP contribution >= 0.6 is 0 Å². The van der Waals surface area contributed by atoms with E-state index in [2.05, 4.69) is 10.0 Å². The molecule has 1 aromatic heterocycles. The molecule has 0 saturated heterocycles. The first-order chi connectivity index (χ1) is 8.90. The molecule has 2 aromatic rings. The number of rotatable bonds is 1. The number of hydrogen-bond acceptors (Lipinski definition) is 3. The standard InChI is InChI=1S/C14H15N3O2/c1-6-8(3)12(16-17-15)10(5)13-11(6)7(2)9(4)14(18)19-13/h1-5H3. The molecule has 0 radical (unpaired) electrons. The molecule has 2 rings (SSSR count). The van der Waals surface area contributed by atoms with E-state index in [1.807, 2.05) is 20.8 Å². The third-order valence-corrected chi connectivity index (χ3v) is 3.80. The molecule has 0 spiro atoms. The highest BCUT2D eigenvalue weighted by Crippen LogP contribution is 2.36. The van der Waals surface area contributed by atoms with E-state index in [4.69, 9.17) is 9.95 Å². The molecule has 5 nitrogen and oxygen atoms in total. The van der Waals surface area contributed by atoms with Gasteiger partial charge in [0, 0.05) is 27.1 Å². The van der Waals surface area contributed by atoms with Gasteiger partial charge in [0.2, 0.25) is 0 Å². The third-order valence-electron chi connectivity index (χ3n) is 3.80. The number of azide groups is 1. The van der Waals surface area contributed by atoms with E-state index >= 15 is 0 Å². The van der Waals surface area contributed by atoms with Crippen LogP contribution in [-0.2, 0) is 0 Å². The van der Waals surface area contributed by atoms with Crippen LogP contribution in [0.3, 0.4) is 0 Å². The highest BCUT2D eigenvalue weighted by Gasteiger charge is 2.17. The Morgan fingerprint density at radius 3 is 2.11 bits per heavy atom. The lowest BCUT2D eigenvalue weighted by molar-refractivity contribution is 0.551. The number of aryl methyl sites for hydroxylation is 3. The molecule has 19 heavy (non-hydrogen) atoms. The lowest BCUT2D eigenvalue weighted by atomic mass is 9.94. The summed E-state index contributed by atoms with van der Waals surface area (Å²) in [4.78, 5) is 14.6. The van der Waals surface area contributed by atoms with Gasteiger partial charge in [0.25, 0.3) is 0 Å². The summed E-state index contributed by atoms with van der Waals surface area (Å²) in [5.41, 5.74) is 13.5. The van der Waals surface area contributed by atoms with E-state index in [0.717, 1.165) is 22.1 Å². The number of benzene rings is 1. The molecule has 5 heteroatoms. The minimum atomic E-state index is -0.344. The fourth-order valence-electron chi connectivity index (χ4n) is 2.40. The number of hydrogen-bond donors (Lipinski definition) is 0. The monoisotopic (exact) mass is 257 g/mol. The molecule has 0 fully saturated rings. The topological polar surface area (TPSA) is 79.0 Å². The van der Waals surface area contributed by atoms with Crippen molar-refractivity contribution in [1.29, 1.82) is 0 Å². The predicted octanol–water partition coefficient (Wildman–Crippen LogP) is 4.28. The normalized spacial score (nSPS) is 10.6. The summed E-state index contributed by atoms with van der Waals surface area (Å²) in [5, 5.41) is 4.65. The molecule has 0 aliphatic rings. The Kier molecular flexibility index (Phi) is 3.08. The molecule has 1 aromatic carbocycles. The average Bonchev–Trinajstić information content (AvgIpc) is 2.38. The largest absolute Gasteiger partial charge is 0.422 e. The minimum absolute atomic E-state index is 0.344. The van der Waals surface area contributed by atoms with Gasteiger partial charge in [0.15, 0.2) is 0 Å². The van der Waals surface area contributed by atoms with E-state index in [-0.39, 0.29) is 5.63 Å². The van der Waals surface area contributed by atoms with Gasteiger partial charge in [0.1, 0.15) is 5.58 Å². The Hall–Kier alpha value is -2.26. The lowest BCUT2D eigenvalue weighted by Gasteiger charge is -2.14. The fraction of sp³-hybridized carbons (Fsp3) is 0.357. The highest BCUT2D eigenvalue weighted by molar-refractivity contribution is 5.92. The molecule has 98 valence electrons. The molecule has 0 bridgehead atoms. The predicted molar refractivity (Wildman–Crippen MR) is 75.0 cm³/mol. The van der Waals surface area contributed by atoms with E-state index in [0.29, 0.717) is 22.4 Å². The van der Waals surface area contributed by atoms with Crippen LogP contribution in [0.2, 0.25) is 0 Å². The van der Waals surface area contributed by atoms with Gasteiger partial charge in [-0.25, -0.2) is 4.79 Å². The van der Waals surface area contributed by atoms with Gasteiger partial charge < -0.3 is 4.42 Å². The van der Waals surface area contributed by atoms with Crippen LogP contribution in [0.4, 0.5) is 5.69 Å². The number of fused-ring (bicyclic) bond motifs is 1. The van der Waals surface area contributed by atoms with Gasteiger partial charge in [-0.15, -0.1) is 0 Å². The SMILES string of the molecule is Cc1c(N=[N+]=[N-])c(C)c2oc(=O)c(C)c(C)c2c1C. The quantitative estimate of drug-likeness (QED) is 0.331. The van der Waals surface area contributed by atoms with Crippen molar-refractivity contribution >= 4 is 16.7 Å². The summed E-state index contributed by atoms with van der Waals surface area (Å²) in [6.45, 7) is 9.32. The lowest BCUT2D eigenvalue weighted by Crippen LogP contribution is -2.07. The first kappa shape index (κ1) is 13.2. The molecular formula is C14H15N3O2. The second-order valence-electron chi connectivity index (χ2n) is 4.76. The smallest absolute Gasteiger partial charge is 0.339 e. The van der Waals surface area contributed by atoms with Crippen LogP contribution in [0.15, 0.2) is 14.3 Å². The zero-order valence-corrected chi connectivity index (χ0v) is 11.7. The van der Waals surface area contributed by atoms with E-state index < -0.39 is 0 Å². The molecule has 0 amide bonds. The molecule has 1 heterocycles. The maximum Gasteiger partial charge on any atom is 0.339 e. The molecule has 0 saturated carbocycles. The Balaban J connectivity index is 3.16. The maximum atomic E-state index is 11.8. The van der Waals surface area contributed by atoms with Gasteiger partial charge in [-0.1, -0.05) is 5.11 Å². The Labute approximate surface area is 110 Å². The highest BCUT2D eigenvalue weighted by atomic mass is 16.4. The Morgan fingerprint density at radius 2 is 1.53 bits per heavy atom. The van der Waals surface area contributed by atoms with Crippen LogP contribution in [0, 0.1) is 34.6 Å². The molecule has 0 aliphatic heterocycles. The Morgan fingerprint density at radius 1 is 0.947 bits per heavy atom. The second kappa shape index (κ2) is 4.44. The molecule has 0 N–H and O–H groups in total. The summed E-state index contributed by atoms with van der Waals surface area (Å²) in [5.74, 6) is 0. The summed E-state index contributed by atoms with van der Waals surface area (Å²) in [7, 11) is 0. The summed E-state index contributed by atoms with van der Waals surface area (Å²) in [6, 6.07) is 0. The van der Waals surface area contributed by atoms with Crippen molar-refractivity contribution < 1.29 is 4.42 Å². The average molecular weight is 257 g/mol. The van der Waals surface area contributed by atoms with E-state index in [9.17, 15) is 4.79 Å². The van der Waals surface area contributed by atoms with Gasteiger partial charge in [-0.05, 0) is 56.8 Å². The van der Waals surface area contributed by atoms with Gasteiger partial charge in [-0.3, -0.25) is 0 Å². The van der Waals surface area contributed by atoms with Crippen molar-refractivity contribution in [3.05, 3.63) is 48.7 Å². The van der Waals surface area contributed by atoms with Crippen molar-refractivity contribution in [3.8, 4) is 0 Å². The van der Waals surface area contributed by atoms with Crippen LogP contribution in [0.1, 0.15) is 27.8 Å². The van der Waals surface area contributed by atoms with Crippen LogP contribution in [-0.4, -0.2) is 0 Å². The molecule has 0 aliphatic carbocycles. The van der Waals surface area contributed by atoms with Crippen molar-refractivity contribution in [2.24, 2.45) is 5.11 Å². The van der Waals surface area contributed by atoms with Crippen LogP contribution in [0.5, 0.6) is 0 Å². The first-order valence-corrected chi connectivity index (χ1v) is 5.99. The van der Waals surface area contributed by atoms with E-state index in [1.54, 1.807) is 13.8 Å². The maximum absolute atomic E-state index is 11.8. The molecule has 0 atom stereocenters. The second-order valence-corrected chi connectivity index (χ2v) is 4.76. The van der Waals surface area contributed by atoms with Crippen molar-refractivity contribution in [2.75, 3.05) is 0 Å². The van der Waals surface area contributed by atoms with Crippen LogP contribution < -0.4 is 5.63 Å². The number of nitrogens with zero attached hydrogens (tertiary/aromatic N) is 3. The van der Waals surface area contributed by atoms with Gasteiger partial charge >= 0.3 is 5.63 Å². The zero-order valence-electron chi connectivity index (χ0n) is 11.7. The summed E-state index contributed by atoms with van der Waals surface area (Å²) >= 11 is 0. The molecule has 0 unspecified atom stereocenters. The first-order valence-electron chi connectivity index (χ1n) is 5.99. The van der Waals surface area contributed by atoms with Gasteiger partial charge in [-0.2, -0.15) is 0 Å². The fourth-order valence-corrected chi connectivity index (χ4v) is 2.40. The van der Waals surface area contributed by atoms with Crippen molar-refractivity contribution in [1.82, 2.24) is 0 Å². The summed E-state index contributed by atoms with van der Waals surface area (Å²) < 4.78 is 5.39. The van der Waals surface area contributed by atoms with Gasteiger partial charge in [0.05, 0.1) is 0 Å². The van der Waals surface area contributed by atoms with Crippen molar-refractivity contribution in [3.63, 3.8) is 0 Å². The third kappa shape index (κ3) is 1.79. The van der Waals surface area contributed by atoms with E-state index in [1.165, 1.54) is 0 Å². The minimum Gasteiger partial charge on any atom is -0.422 e. The summed E-state index contributed by atoms with van der Waals surface area (Å²) in [6.07, 6.45) is 0. The van der Waals surface area contributed by atoms with Crippen LogP contribution in [0.25, 0.3) is 21.4 Å². The van der Waals surface area contributed by atoms with Crippen molar-refractivity contribution in [2.45, 2.75) is 34.6 Å². The zero-order chi connectivity index (χ0) is 14.3. The Bertz CT molecular complexity index is 797.